The van der Waals surface area contributed by atoms with Gasteiger partial charge in [-0.15, -0.1) is 11.3 Å². The van der Waals surface area contributed by atoms with Gasteiger partial charge in [-0.2, -0.15) is 4.37 Å². The van der Waals surface area contributed by atoms with Crippen molar-refractivity contribution >= 4 is 44.9 Å². The minimum Gasteiger partial charge on any atom is -0.466 e. The molecule has 118 valence electrons. The van der Waals surface area contributed by atoms with E-state index in [2.05, 4.69) is 20.0 Å². The molecule has 2 aromatic heterocycles. The molecule has 0 aliphatic heterocycles. The van der Waals surface area contributed by atoms with Crippen LogP contribution in [-0.2, 0) is 16.0 Å². The largest absolute Gasteiger partial charge is 0.466 e. The van der Waals surface area contributed by atoms with Crippen LogP contribution in [0, 0.1) is 6.92 Å². The van der Waals surface area contributed by atoms with Crippen molar-refractivity contribution in [2.24, 2.45) is 0 Å². The van der Waals surface area contributed by atoms with Gasteiger partial charge in [0, 0.05) is 12.4 Å². The van der Waals surface area contributed by atoms with Crippen molar-refractivity contribution in [1.29, 1.82) is 0 Å². The highest BCUT2D eigenvalue weighted by molar-refractivity contribution is 7.14. The van der Waals surface area contributed by atoms with Crippen molar-refractivity contribution in [3.05, 3.63) is 22.3 Å². The van der Waals surface area contributed by atoms with Gasteiger partial charge in [0.25, 0.3) is 5.91 Å². The van der Waals surface area contributed by atoms with Gasteiger partial charge in [0.05, 0.1) is 30.0 Å². The summed E-state index contributed by atoms with van der Waals surface area (Å²) in [5.41, 5.74) is 1.75. The predicted molar refractivity (Wildman–Crippen MR) is 86.8 cm³/mol. The van der Waals surface area contributed by atoms with Gasteiger partial charge >= 0.3 is 5.97 Å². The van der Waals surface area contributed by atoms with Crippen LogP contribution in [0.15, 0.2) is 5.38 Å². The van der Waals surface area contributed by atoms with Gasteiger partial charge in [-0.05, 0) is 25.4 Å². The van der Waals surface area contributed by atoms with E-state index in [1.54, 1.807) is 26.3 Å². The number of aromatic nitrogens is 2. The van der Waals surface area contributed by atoms with Gasteiger partial charge in [0.2, 0.25) is 0 Å². The van der Waals surface area contributed by atoms with Crippen molar-refractivity contribution in [1.82, 2.24) is 9.36 Å². The molecule has 9 heteroatoms. The molecule has 0 saturated carbocycles. The minimum atomic E-state index is -0.332. The molecule has 0 bridgehead atoms. The number of anilines is 2. The third-order valence-corrected chi connectivity index (χ3v) is 4.48. The quantitative estimate of drug-likeness (QED) is 0.784. The number of nitrogens with zero attached hydrogens (tertiary/aromatic N) is 2. The number of nitrogens with one attached hydrogen (secondary N) is 2. The summed E-state index contributed by atoms with van der Waals surface area (Å²) in [5.74, 6) is -0.603. The second-order valence-corrected chi connectivity index (χ2v) is 5.93. The van der Waals surface area contributed by atoms with E-state index in [4.69, 9.17) is 4.74 Å². The number of rotatable bonds is 6. The molecule has 0 atom stereocenters. The van der Waals surface area contributed by atoms with Crippen LogP contribution in [-0.4, -0.2) is 34.9 Å². The van der Waals surface area contributed by atoms with E-state index < -0.39 is 0 Å². The molecule has 22 heavy (non-hydrogen) atoms. The van der Waals surface area contributed by atoms with Crippen LogP contribution in [0.3, 0.4) is 0 Å². The number of hydrogen-bond donors (Lipinski definition) is 2. The molecule has 2 aromatic rings. The van der Waals surface area contributed by atoms with E-state index in [0.717, 1.165) is 0 Å². The third-order valence-electron chi connectivity index (χ3n) is 2.72. The average molecular weight is 340 g/mol. The molecule has 2 N–H and O–H groups in total. The van der Waals surface area contributed by atoms with E-state index in [-0.39, 0.29) is 18.3 Å². The molecule has 0 aliphatic rings. The molecule has 0 aromatic carbocycles. The zero-order chi connectivity index (χ0) is 16.1. The number of carbonyl (C=O) groups is 2. The SMILES string of the molecule is CCOC(=O)Cc1csc(NC(=O)c2c(C)nsc2NC)n1. The Morgan fingerprint density at radius 3 is 2.86 bits per heavy atom. The lowest BCUT2D eigenvalue weighted by Crippen LogP contribution is -2.14. The summed E-state index contributed by atoms with van der Waals surface area (Å²) in [6, 6.07) is 0. The fourth-order valence-corrected chi connectivity index (χ4v) is 3.22. The summed E-state index contributed by atoms with van der Waals surface area (Å²) < 4.78 is 9.02. The molecule has 0 fully saturated rings. The van der Waals surface area contributed by atoms with Gasteiger partial charge in [-0.1, -0.05) is 0 Å². The fraction of sp³-hybridized carbons (Fsp3) is 0.385. The lowest BCUT2D eigenvalue weighted by atomic mass is 10.2. The topological polar surface area (TPSA) is 93.2 Å². The Balaban J connectivity index is 2.05. The summed E-state index contributed by atoms with van der Waals surface area (Å²) >= 11 is 2.50. The molecule has 2 rings (SSSR count). The smallest absolute Gasteiger partial charge is 0.311 e. The highest BCUT2D eigenvalue weighted by Gasteiger charge is 2.19. The lowest BCUT2D eigenvalue weighted by Gasteiger charge is -2.03. The first kappa shape index (κ1) is 16.4. The summed E-state index contributed by atoms with van der Waals surface area (Å²) in [5, 5.41) is 8.55. The number of amides is 1. The van der Waals surface area contributed by atoms with E-state index >= 15 is 0 Å². The maximum Gasteiger partial charge on any atom is 0.311 e. The number of thiazole rings is 1. The van der Waals surface area contributed by atoms with Gasteiger partial charge in [-0.25, -0.2) is 4.98 Å². The minimum absolute atomic E-state index is 0.0982. The zero-order valence-electron chi connectivity index (χ0n) is 12.4. The highest BCUT2D eigenvalue weighted by Crippen LogP contribution is 2.25. The first-order chi connectivity index (χ1) is 10.5. The van der Waals surface area contributed by atoms with Crippen molar-refractivity contribution in [2.75, 3.05) is 24.3 Å². The normalized spacial score (nSPS) is 10.3. The zero-order valence-corrected chi connectivity index (χ0v) is 14.1. The van der Waals surface area contributed by atoms with E-state index in [1.807, 2.05) is 0 Å². The molecule has 0 radical (unpaired) electrons. The van der Waals surface area contributed by atoms with Crippen LogP contribution in [0.5, 0.6) is 0 Å². The Morgan fingerprint density at radius 1 is 1.41 bits per heavy atom. The second-order valence-electron chi connectivity index (χ2n) is 4.30. The number of carbonyl (C=O) groups excluding carboxylic acids is 2. The second kappa shape index (κ2) is 7.32. The maximum atomic E-state index is 12.3. The molecule has 0 saturated heterocycles. The van der Waals surface area contributed by atoms with Crippen molar-refractivity contribution in [3.8, 4) is 0 Å². The van der Waals surface area contributed by atoms with E-state index in [0.29, 0.717) is 33.7 Å². The van der Waals surface area contributed by atoms with Gasteiger partial charge in [-0.3, -0.25) is 14.9 Å². The lowest BCUT2D eigenvalue weighted by molar-refractivity contribution is -0.142. The first-order valence-electron chi connectivity index (χ1n) is 6.60. The Hall–Kier alpha value is -2.00. The summed E-state index contributed by atoms with van der Waals surface area (Å²) in [7, 11) is 1.74. The van der Waals surface area contributed by atoms with Crippen molar-refractivity contribution in [2.45, 2.75) is 20.3 Å². The standard InChI is InChI=1S/C13H16N4O3S2/c1-4-20-9(18)5-8-6-21-13(15-8)16-11(19)10-7(2)17-22-12(10)14-3/h6,14H,4-5H2,1-3H3,(H,15,16,19). The van der Waals surface area contributed by atoms with Crippen LogP contribution >= 0.6 is 22.9 Å². The molecule has 0 spiro atoms. The monoisotopic (exact) mass is 340 g/mol. The number of ether oxygens (including phenoxy) is 1. The van der Waals surface area contributed by atoms with Crippen LogP contribution in [0.25, 0.3) is 0 Å². The van der Waals surface area contributed by atoms with Crippen molar-refractivity contribution in [3.63, 3.8) is 0 Å². The predicted octanol–water partition coefficient (Wildman–Crippen LogP) is 2.31. The highest BCUT2D eigenvalue weighted by atomic mass is 32.1. The Labute approximate surface area is 135 Å². The molecule has 0 unspecified atom stereocenters. The van der Waals surface area contributed by atoms with E-state index in [1.165, 1.54) is 22.9 Å². The average Bonchev–Trinajstić information content (AvgIpc) is 3.05. The van der Waals surface area contributed by atoms with Gasteiger partial charge in [0.1, 0.15) is 5.00 Å². The van der Waals surface area contributed by atoms with Crippen LogP contribution in [0.2, 0.25) is 0 Å². The van der Waals surface area contributed by atoms with Gasteiger partial charge in [0.15, 0.2) is 5.13 Å². The Kier molecular flexibility index (Phi) is 5.45. The number of esters is 1. The molecule has 2 heterocycles. The fourth-order valence-electron chi connectivity index (χ4n) is 1.77. The summed E-state index contributed by atoms with van der Waals surface area (Å²) in [6.45, 7) is 3.87. The Morgan fingerprint density at radius 2 is 2.18 bits per heavy atom. The summed E-state index contributed by atoms with van der Waals surface area (Å²) in [6.07, 6.45) is 0.0982. The maximum absolute atomic E-state index is 12.3. The number of aryl methyl sites for hydroxylation is 1. The number of hydrogen-bond acceptors (Lipinski definition) is 8. The van der Waals surface area contributed by atoms with E-state index in [9.17, 15) is 9.59 Å². The van der Waals surface area contributed by atoms with Crippen LogP contribution < -0.4 is 10.6 Å². The first-order valence-corrected chi connectivity index (χ1v) is 8.25. The van der Waals surface area contributed by atoms with Crippen LogP contribution in [0.1, 0.15) is 28.7 Å². The molecule has 0 aliphatic carbocycles. The molecule has 1 amide bonds. The third kappa shape index (κ3) is 3.80. The molecular weight excluding hydrogens is 324 g/mol. The van der Waals surface area contributed by atoms with Crippen LogP contribution in [0.4, 0.5) is 10.1 Å². The van der Waals surface area contributed by atoms with Crippen molar-refractivity contribution < 1.29 is 14.3 Å². The molecular formula is C13H16N4O3S2. The summed E-state index contributed by atoms with van der Waals surface area (Å²) in [4.78, 5) is 27.9. The Bertz CT molecular complexity index is 681. The molecule has 7 nitrogen and oxygen atoms in total. The van der Waals surface area contributed by atoms with Gasteiger partial charge < -0.3 is 10.1 Å².